The Hall–Kier alpha value is -2.83. The molecule has 3 aromatic carbocycles. The SMILES string of the molecule is COc1ccc(S(=O)(=O)C2CN(C(=O)c3ccc(-c4cccc(Cl)c4)cc3)C2)cc1. The minimum absolute atomic E-state index is 0.172. The van der Waals surface area contributed by atoms with E-state index in [1.165, 1.54) is 19.2 Å². The number of hydrogen-bond acceptors (Lipinski definition) is 4. The van der Waals surface area contributed by atoms with Gasteiger partial charge < -0.3 is 9.64 Å². The molecular formula is C23H20ClNO4S. The van der Waals surface area contributed by atoms with Crippen molar-refractivity contribution in [3.05, 3.63) is 83.4 Å². The van der Waals surface area contributed by atoms with E-state index in [0.29, 0.717) is 16.3 Å². The number of sulfone groups is 1. The van der Waals surface area contributed by atoms with Gasteiger partial charge in [-0.15, -0.1) is 0 Å². The summed E-state index contributed by atoms with van der Waals surface area (Å²) in [5, 5.41) is 0.0536. The lowest BCUT2D eigenvalue weighted by molar-refractivity contribution is 0.0659. The van der Waals surface area contributed by atoms with Crippen molar-refractivity contribution in [2.24, 2.45) is 0 Å². The number of methoxy groups -OCH3 is 1. The highest BCUT2D eigenvalue weighted by Crippen LogP contribution is 2.27. The summed E-state index contributed by atoms with van der Waals surface area (Å²) in [6, 6.07) is 21.0. The summed E-state index contributed by atoms with van der Waals surface area (Å²) < 4.78 is 30.6. The molecule has 1 fully saturated rings. The van der Waals surface area contributed by atoms with Crippen LogP contribution in [0.25, 0.3) is 11.1 Å². The Labute approximate surface area is 180 Å². The van der Waals surface area contributed by atoms with E-state index in [-0.39, 0.29) is 23.9 Å². The minimum atomic E-state index is -3.48. The summed E-state index contributed by atoms with van der Waals surface area (Å²) in [5.74, 6) is 0.425. The van der Waals surface area contributed by atoms with E-state index >= 15 is 0 Å². The van der Waals surface area contributed by atoms with Crippen molar-refractivity contribution in [2.75, 3.05) is 20.2 Å². The van der Waals surface area contributed by atoms with E-state index in [9.17, 15) is 13.2 Å². The summed E-state index contributed by atoms with van der Waals surface area (Å²) >= 11 is 6.04. The van der Waals surface area contributed by atoms with Crippen molar-refractivity contribution in [1.82, 2.24) is 4.90 Å². The number of amides is 1. The van der Waals surface area contributed by atoms with Gasteiger partial charge in [-0.3, -0.25) is 4.79 Å². The van der Waals surface area contributed by atoms with Crippen LogP contribution in [0.5, 0.6) is 5.75 Å². The van der Waals surface area contributed by atoms with Gasteiger partial charge in [0, 0.05) is 23.7 Å². The van der Waals surface area contributed by atoms with Gasteiger partial charge in [0.2, 0.25) is 0 Å². The largest absolute Gasteiger partial charge is 0.497 e. The topological polar surface area (TPSA) is 63.7 Å². The average Bonchev–Trinajstić information content (AvgIpc) is 2.72. The predicted molar refractivity (Wildman–Crippen MR) is 117 cm³/mol. The molecule has 0 spiro atoms. The molecule has 0 saturated carbocycles. The van der Waals surface area contributed by atoms with Gasteiger partial charge in [0.1, 0.15) is 11.0 Å². The van der Waals surface area contributed by atoms with E-state index in [4.69, 9.17) is 16.3 Å². The van der Waals surface area contributed by atoms with Crippen LogP contribution in [0.2, 0.25) is 5.02 Å². The summed E-state index contributed by atoms with van der Waals surface area (Å²) in [4.78, 5) is 14.5. The number of hydrogen-bond donors (Lipinski definition) is 0. The molecule has 0 aromatic heterocycles. The highest BCUT2D eigenvalue weighted by molar-refractivity contribution is 7.92. The number of likely N-dealkylation sites (tertiary alicyclic amines) is 1. The molecule has 4 rings (SSSR count). The van der Waals surface area contributed by atoms with Crippen molar-refractivity contribution < 1.29 is 17.9 Å². The summed E-state index contributed by atoms with van der Waals surface area (Å²) in [5.41, 5.74) is 2.45. The van der Waals surface area contributed by atoms with Crippen LogP contribution in [0.1, 0.15) is 10.4 Å². The highest BCUT2D eigenvalue weighted by Gasteiger charge is 2.40. The number of ether oxygens (including phenoxy) is 1. The fraction of sp³-hybridized carbons (Fsp3) is 0.174. The zero-order valence-electron chi connectivity index (χ0n) is 16.3. The normalized spacial score (nSPS) is 14.3. The molecule has 3 aromatic rings. The molecule has 0 bridgehead atoms. The summed E-state index contributed by atoms with van der Waals surface area (Å²) in [6.07, 6.45) is 0. The quantitative estimate of drug-likeness (QED) is 0.591. The van der Waals surface area contributed by atoms with Gasteiger partial charge >= 0.3 is 0 Å². The van der Waals surface area contributed by atoms with Gasteiger partial charge in [-0.05, 0) is 59.7 Å². The molecule has 0 radical (unpaired) electrons. The third kappa shape index (κ3) is 3.93. The molecule has 30 heavy (non-hydrogen) atoms. The van der Waals surface area contributed by atoms with Crippen molar-refractivity contribution in [3.8, 4) is 16.9 Å². The molecule has 1 saturated heterocycles. The van der Waals surface area contributed by atoms with E-state index < -0.39 is 15.1 Å². The van der Waals surface area contributed by atoms with Crippen molar-refractivity contribution in [2.45, 2.75) is 10.1 Å². The molecule has 1 amide bonds. The van der Waals surface area contributed by atoms with Gasteiger partial charge in [-0.1, -0.05) is 35.9 Å². The van der Waals surface area contributed by atoms with Crippen LogP contribution in [0, 0.1) is 0 Å². The molecule has 0 N–H and O–H groups in total. The molecular weight excluding hydrogens is 422 g/mol. The number of nitrogens with zero attached hydrogens (tertiary/aromatic N) is 1. The average molecular weight is 442 g/mol. The lowest BCUT2D eigenvalue weighted by Crippen LogP contribution is -2.56. The molecule has 1 heterocycles. The fourth-order valence-electron chi connectivity index (χ4n) is 3.41. The third-order valence-corrected chi connectivity index (χ3v) is 7.59. The van der Waals surface area contributed by atoms with Crippen LogP contribution >= 0.6 is 11.6 Å². The molecule has 0 atom stereocenters. The number of benzene rings is 3. The Kier molecular flexibility index (Phi) is 5.54. The van der Waals surface area contributed by atoms with Gasteiger partial charge in [-0.2, -0.15) is 0 Å². The Bertz CT molecular complexity index is 1170. The Morgan fingerprint density at radius 1 is 0.967 bits per heavy atom. The molecule has 1 aliphatic rings. The van der Waals surface area contributed by atoms with Gasteiger partial charge in [-0.25, -0.2) is 8.42 Å². The van der Waals surface area contributed by atoms with E-state index in [1.807, 2.05) is 36.4 Å². The first-order valence-corrected chi connectivity index (χ1v) is 11.3. The lowest BCUT2D eigenvalue weighted by atomic mass is 10.0. The van der Waals surface area contributed by atoms with E-state index in [2.05, 4.69) is 0 Å². The molecule has 0 aliphatic carbocycles. The highest BCUT2D eigenvalue weighted by atomic mass is 35.5. The first kappa shape index (κ1) is 20.4. The minimum Gasteiger partial charge on any atom is -0.497 e. The van der Waals surface area contributed by atoms with Crippen molar-refractivity contribution >= 4 is 27.3 Å². The molecule has 7 heteroatoms. The summed E-state index contributed by atoms with van der Waals surface area (Å²) in [7, 11) is -1.96. The van der Waals surface area contributed by atoms with Crippen LogP contribution in [-0.2, 0) is 9.84 Å². The summed E-state index contributed by atoms with van der Waals surface area (Å²) in [6.45, 7) is 0.368. The van der Waals surface area contributed by atoms with Crippen LogP contribution < -0.4 is 4.74 Å². The zero-order chi connectivity index (χ0) is 21.3. The molecule has 0 unspecified atom stereocenters. The predicted octanol–water partition coefficient (Wildman–Crippen LogP) is 4.31. The van der Waals surface area contributed by atoms with Crippen LogP contribution in [-0.4, -0.2) is 44.7 Å². The number of rotatable bonds is 5. The number of halogens is 1. The number of carbonyl (C=O) groups is 1. The molecule has 1 aliphatic heterocycles. The smallest absolute Gasteiger partial charge is 0.253 e. The Balaban J connectivity index is 1.42. The Morgan fingerprint density at radius 2 is 1.63 bits per heavy atom. The second-order valence-electron chi connectivity index (χ2n) is 7.14. The maximum atomic E-state index is 12.8. The van der Waals surface area contributed by atoms with E-state index in [1.54, 1.807) is 29.2 Å². The van der Waals surface area contributed by atoms with Crippen molar-refractivity contribution in [1.29, 1.82) is 0 Å². The lowest BCUT2D eigenvalue weighted by Gasteiger charge is -2.38. The first-order chi connectivity index (χ1) is 14.4. The Morgan fingerprint density at radius 3 is 2.23 bits per heavy atom. The van der Waals surface area contributed by atoms with Gasteiger partial charge in [0.25, 0.3) is 5.91 Å². The molecule has 5 nitrogen and oxygen atoms in total. The maximum Gasteiger partial charge on any atom is 0.253 e. The van der Waals surface area contributed by atoms with E-state index in [0.717, 1.165) is 11.1 Å². The maximum absolute atomic E-state index is 12.8. The van der Waals surface area contributed by atoms with Crippen LogP contribution in [0.4, 0.5) is 0 Å². The number of carbonyl (C=O) groups excluding carboxylic acids is 1. The van der Waals surface area contributed by atoms with Gasteiger partial charge in [0.05, 0.1) is 12.0 Å². The van der Waals surface area contributed by atoms with Crippen LogP contribution in [0.15, 0.2) is 77.7 Å². The van der Waals surface area contributed by atoms with Crippen LogP contribution in [0.3, 0.4) is 0 Å². The van der Waals surface area contributed by atoms with Gasteiger partial charge in [0.15, 0.2) is 9.84 Å². The fourth-order valence-corrected chi connectivity index (χ4v) is 5.26. The first-order valence-electron chi connectivity index (χ1n) is 9.42. The second kappa shape index (κ2) is 8.13. The second-order valence-corrected chi connectivity index (χ2v) is 9.80. The molecule has 154 valence electrons. The standard InChI is InChI=1S/C23H20ClNO4S/c1-29-20-9-11-21(12-10-20)30(27,28)22-14-25(15-22)23(26)17-7-5-16(6-8-17)18-3-2-4-19(24)13-18/h2-13,22H,14-15H2,1H3. The zero-order valence-corrected chi connectivity index (χ0v) is 17.9. The third-order valence-electron chi connectivity index (χ3n) is 5.25. The van der Waals surface area contributed by atoms with Crippen molar-refractivity contribution in [3.63, 3.8) is 0 Å². The monoisotopic (exact) mass is 441 g/mol.